The van der Waals surface area contributed by atoms with Crippen molar-refractivity contribution >= 4 is 11.9 Å². The smallest absolute Gasteiger partial charge is 0.182 e. The summed E-state index contributed by atoms with van der Waals surface area (Å²) >= 11 is 0. The molecule has 1 aromatic rings. The Hall–Kier alpha value is -1.58. The molecular weight excluding hydrogens is 202 g/mol. The largest absolute Gasteiger partial charge is 0.396 e. The molecule has 4 nitrogen and oxygen atoms in total. The molecule has 1 aliphatic rings. The van der Waals surface area contributed by atoms with Gasteiger partial charge in [0.2, 0.25) is 0 Å². The Morgan fingerprint density at radius 3 is 2.81 bits per heavy atom. The van der Waals surface area contributed by atoms with Crippen LogP contribution in [0.2, 0.25) is 0 Å². The maximum absolute atomic E-state index is 5.75. The highest BCUT2D eigenvalue weighted by Crippen LogP contribution is 2.39. The first-order valence-corrected chi connectivity index (χ1v) is 5.66. The van der Waals surface area contributed by atoms with Crippen molar-refractivity contribution in [3.05, 3.63) is 23.6 Å². The van der Waals surface area contributed by atoms with Crippen LogP contribution < -0.4 is 5.73 Å². The molecule has 0 amide bonds. The van der Waals surface area contributed by atoms with Crippen molar-refractivity contribution in [1.82, 2.24) is 5.16 Å². The average molecular weight is 221 g/mol. The first-order valence-electron chi connectivity index (χ1n) is 5.66. The van der Waals surface area contributed by atoms with E-state index in [1.54, 1.807) is 19.3 Å². The van der Waals surface area contributed by atoms with E-state index < -0.39 is 0 Å². The molecule has 2 rings (SSSR count). The third-order valence-corrected chi connectivity index (χ3v) is 2.21. The summed E-state index contributed by atoms with van der Waals surface area (Å²) in [6, 6.07) is 1.91. The normalized spacial score (nSPS) is 16.1. The monoisotopic (exact) mass is 221 g/mol. The van der Waals surface area contributed by atoms with Gasteiger partial charge in [-0.1, -0.05) is 19.0 Å². The minimum atomic E-state index is 0.565. The molecular formula is C12H19N3O. The van der Waals surface area contributed by atoms with E-state index in [1.807, 2.05) is 19.9 Å². The maximum atomic E-state index is 5.75. The fraction of sp³-hybridized carbons (Fsp3) is 0.500. The molecule has 0 aromatic carbocycles. The van der Waals surface area contributed by atoms with Gasteiger partial charge < -0.3 is 10.3 Å². The van der Waals surface area contributed by atoms with Crippen LogP contribution in [0.1, 0.15) is 44.1 Å². The van der Waals surface area contributed by atoms with Gasteiger partial charge in [-0.3, -0.25) is 4.99 Å². The molecule has 0 atom stereocenters. The summed E-state index contributed by atoms with van der Waals surface area (Å²) in [4.78, 5) is 3.81. The van der Waals surface area contributed by atoms with Crippen LogP contribution >= 0.6 is 0 Å². The molecule has 1 fully saturated rings. The Labute approximate surface area is 96.2 Å². The molecule has 0 unspecified atom stereocenters. The zero-order valence-electron chi connectivity index (χ0n) is 10.1. The first kappa shape index (κ1) is 12.5. The Morgan fingerprint density at radius 2 is 2.25 bits per heavy atom. The summed E-state index contributed by atoms with van der Waals surface area (Å²) in [6.07, 6.45) is 5.77. The van der Waals surface area contributed by atoms with Crippen molar-refractivity contribution in [3.63, 3.8) is 0 Å². The Morgan fingerprint density at radius 1 is 1.56 bits per heavy atom. The van der Waals surface area contributed by atoms with Gasteiger partial charge in [-0.25, -0.2) is 0 Å². The quantitative estimate of drug-likeness (QED) is 0.798. The zero-order chi connectivity index (χ0) is 12.0. The molecule has 88 valence electrons. The fourth-order valence-corrected chi connectivity index (χ4v) is 1.23. The molecule has 4 heteroatoms. The van der Waals surface area contributed by atoms with Gasteiger partial charge in [0, 0.05) is 25.2 Å². The molecule has 0 spiro atoms. The van der Waals surface area contributed by atoms with Crippen molar-refractivity contribution in [2.24, 2.45) is 10.7 Å². The lowest BCUT2D eigenvalue weighted by atomic mass is 10.2. The molecule has 1 aliphatic carbocycles. The van der Waals surface area contributed by atoms with E-state index >= 15 is 0 Å². The zero-order valence-corrected chi connectivity index (χ0v) is 10.1. The van der Waals surface area contributed by atoms with E-state index in [-0.39, 0.29) is 0 Å². The highest BCUT2D eigenvalue weighted by atomic mass is 16.5. The van der Waals surface area contributed by atoms with Crippen molar-refractivity contribution in [2.75, 3.05) is 7.05 Å². The fourth-order valence-electron chi connectivity index (χ4n) is 1.23. The van der Waals surface area contributed by atoms with Gasteiger partial charge >= 0.3 is 0 Å². The van der Waals surface area contributed by atoms with Crippen LogP contribution in [0, 0.1) is 0 Å². The van der Waals surface area contributed by atoms with Crippen LogP contribution in [0.5, 0.6) is 0 Å². The molecule has 0 aliphatic heterocycles. The molecule has 0 saturated heterocycles. The minimum absolute atomic E-state index is 0.565. The van der Waals surface area contributed by atoms with E-state index in [9.17, 15) is 0 Å². The van der Waals surface area contributed by atoms with Gasteiger partial charge in [0.25, 0.3) is 0 Å². The molecule has 1 saturated carbocycles. The number of nitrogens with zero attached hydrogens (tertiary/aromatic N) is 2. The lowest BCUT2D eigenvalue weighted by Gasteiger charge is -1.89. The summed E-state index contributed by atoms with van der Waals surface area (Å²) in [5, 5.41) is 3.97. The summed E-state index contributed by atoms with van der Waals surface area (Å²) in [6.45, 7) is 4.00. The Kier molecular flexibility index (Phi) is 4.76. The van der Waals surface area contributed by atoms with Crippen molar-refractivity contribution in [2.45, 2.75) is 32.6 Å². The molecule has 1 aromatic heterocycles. The van der Waals surface area contributed by atoms with Gasteiger partial charge in [0.05, 0.1) is 11.4 Å². The third kappa shape index (κ3) is 3.22. The summed E-state index contributed by atoms with van der Waals surface area (Å²) in [5.41, 5.74) is 7.33. The summed E-state index contributed by atoms with van der Waals surface area (Å²) in [7, 11) is 1.69. The highest BCUT2D eigenvalue weighted by Gasteiger charge is 2.27. The van der Waals surface area contributed by atoms with Crippen LogP contribution in [0.25, 0.3) is 5.70 Å². The highest BCUT2D eigenvalue weighted by molar-refractivity contribution is 5.82. The molecule has 16 heavy (non-hydrogen) atoms. The van der Waals surface area contributed by atoms with Crippen LogP contribution in [0.3, 0.4) is 0 Å². The molecule has 0 bridgehead atoms. The molecule has 0 radical (unpaired) electrons. The van der Waals surface area contributed by atoms with Gasteiger partial charge in [0.15, 0.2) is 5.76 Å². The second-order valence-corrected chi connectivity index (χ2v) is 3.42. The standard InChI is InChI=1S/C10H13N3O.C2H6/c1-12-5-4-8(11)10-6-9(13-14-10)7-2-3-7;1-2/h4-7H,2-3,11H2,1H3;1-2H3/b8-4-,12-5?;. The number of hydrogen-bond acceptors (Lipinski definition) is 4. The van der Waals surface area contributed by atoms with E-state index in [0.717, 1.165) is 5.69 Å². The van der Waals surface area contributed by atoms with Gasteiger partial charge in [-0.15, -0.1) is 0 Å². The summed E-state index contributed by atoms with van der Waals surface area (Å²) < 4.78 is 5.12. The van der Waals surface area contributed by atoms with E-state index in [4.69, 9.17) is 10.3 Å². The number of aliphatic imine (C=N–C) groups is 1. The Balaban J connectivity index is 0.000000606. The lowest BCUT2D eigenvalue weighted by Crippen LogP contribution is -1.94. The minimum Gasteiger partial charge on any atom is -0.396 e. The number of allylic oxidation sites excluding steroid dienone is 1. The van der Waals surface area contributed by atoms with Crippen LogP contribution in [0.4, 0.5) is 0 Å². The number of rotatable bonds is 3. The van der Waals surface area contributed by atoms with Gasteiger partial charge in [-0.2, -0.15) is 0 Å². The predicted molar refractivity (Wildman–Crippen MR) is 66.4 cm³/mol. The molecule has 1 heterocycles. The SMILES string of the molecule is CC.CN=C/C=C(\N)c1cc(C2CC2)no1. The van der Waals surface area contributed by atoms with Crippen molar-refractivity contribution in [1.29, 1.82) is 0 Å². The lowest BCUT2D eigenvalue weighted by molar-refractivity contribution is 0.402. The topological polar surface area (TPSA) is 64.4 Å². The van der Waals surface area contributed by atoms with Crippen LogP contribution in [-0.2, 0) is 0 Å². The number of nitrogens with two attached hydrogens (primary N) is 1. The van der Waals surface area contributed by atoms with E-state index in [1.165, 1.54) is 12.8 Å². The maximum Gasteiger partial charge on any atom is 0.182 e. The van der Waals surface area contributed by atoms with Crippen LogP contribution in [0.15, 0.2) is 21.7 Å². The first-order chi connectivity index (χ1) is 7.81. The number of hydrogen-bond donors (Lipinski definition) is 1. The third-order valence-electron chi connectivity index (χ3n) is 2.21. The van der Waals surface area contributed by atoms with E-state index in [0.29, 0.717) is 17.4 Å². The van der Waals surface area contributed by atoms with Gasteiger partial charge in [-0.05, 0) is 18.9 Å². The van der Waals surface area contributed by atoms with E-state index in [2.05, 4.69) is 10.1 Å². The number of aromatic nitrogens is 1. The summed E-state index contributed by atoms with van der Waals surface area (Å²) in [5.74, 6) is 1.23. The predicted octanol–water partition coefficient (Wildman–Crippen LogP) is 2.58. The second kappa shape index (κ2) is 6.10. The average Bonchev–Trinajstić information content (AvgIpc) is 3.07. The Bertz CT molecular complexity index is 375. The van der Waals surface area contributed by atoms with Gasteiger partial charge in [0.1, 0.15) is 0 Å². The molecule has 2 N–H and O–H groups in total. The second-order valence-electron chi connectivity index (χ2n) is 3.42. The van der Waals surface area contributed by atoms with Crippen molar-refractivity contribution < 1.29 is 4.52 Å². The van der Waals surface area contributed by atoms with Crippen LogP contribution in [-0.4, -0.2) is 18.4 Å². The van der Waals surface area contributed by atoms with Crippen molar-refractivity contribution in [3.8, 4) is 0 Å².